The van der Waals surface area contributed by atoms with Gasteiger partial charge in [0.1, 0.15) is 5.82 Å². The van der Waals surface area contributed by atoms with Gasteiger partial charge >= 0.3 is 0 Å². The number of aliphatic hydroxyl groups excluding tert-OH is 1. The van der Waals surface area contributed by atoms with Crippen molar-refractivity contribution in [2.45, 2.75) is 44.9 Å². The van der Waals surface area contributed by atoms with Crippen molar-refractivity contribution in [3.63, 3.8) is 0 Å². The van der Waals surface area contributed by atoms with Crippen LogP contribution in [0, 0.1) is 11.2 Å². The fourth-order valence-corrected chi connectivity index (χ4v) is 3.99. The molecule has 1 unspecified atom stereocenters. The Morgan fingerprint density at radius 3 is 2.79 bits per heavy atom. The van der Waals surface area contributed by atoms with Crippen LogP contribution in [-0.2, 0) is 11.2 Å². The third kappa shape index (κ3) is 3.69. The smallest absolute Gasteiger partial charge is 0.249 e. The minimum absolute atomic E-state index is 0.0236. The molecule has 3 nitrogen and oxygen atoms in total. The molecule has 0 bridgehead atoms. The number of nitrogens with zero attached hydrogens (tertiary/aromatic N) is 1. The van der Waals surface area contributed by atoms with E-state index in [1.807, 2.05) is 11.0 Å². The molecule has 0 saturated carbocycles. The molecular weight excluding hydrogens is 305 g/mol. The van der Waals surface area contributed by atoms with Gasteiger partial charge in [-0.15, -0.1) is 0 Å². The van der Waals surface area contributed by atoms with Gasteiger partial charge in [0, 0.05) is 24.1 Å². The maximum atomic E-state index is 14.0. The van der Waals surface area contributed by atoms with Gasteiger partial charge in [-0.2, -0.15) is 0 Å². The molecule has 24 heavy (non-hydrogen) atoms. The first kappa shape index (κ1) is 17.2. The van der Waals surface area contributed by atoms with Crippen LogP contribution in [0.5, 0.6) is 0 Å². The average Bonchev–Trinajstić information content (AvgIpc) is 2.64. The highest BCUT2D eigenvalue weighted by Gasteiger charge is 2.38. The molecule has 1 saturated heterocycles. The van der Waals surface area contributed by atoms with E-state index in [1.165, 1.54) is 6.07 Å². The Bertz CT molecular complexity index is 628. The van der Waals surface area contributed by atoms with E-state index < -0.39 is 5.41 Å². The number of likely N-dealkylation sites (tertiary alicyclic amines) is 1. The Labute approximate surface area is 143 Å². The first-order valence-corrected chi connectivity index (χ1v) is 8.96. The van der Waals surface area contributed by atoms with E-state index in [9.17, 15) is 14.3 Å². The minimum Gasteiger partial charge on any atom is -0.396 e. The van der Waals surface area contributed by atoms with Gasteiger partial charge in [-0.3, -0.25) is 4.79 Å². The van der Waals surface area contributed by atoms with Crippen LogP contribution in [0.2, 0.25) is 0 Å². The maximum Gasteiger partial charge on any atom is 0.249 e. The molecule has 3 rings (SSSR count). The topological polar surface area (TPSA) is 40.5 Å². The summed E-state index contributed by atoms with van der Waals surface area (Å²) in [4.78, 5) is 14.7. The summed E-state index contributed by atoms with van der Waals surface area (Å²) < 4.78 is 14.0. The summed E-state index contributed by atoms with van der Waals surface area (Å²) in [7, 11) is 0. The van der Waals surface area contributed by atoms with Crippen molar-refractivity contribution >= 4 is 5.91 Å². The van der Waals surface area contributed by atoms with E-state index in [0.717, 1.165) is 50.6 Å². The van der Waals surface area contributed by atoms with Crippen molar-refractivity contribution in [2.75, 3.05) is 19.7 Å². The summed E-state index contributed by atoms with van der Waals surface area (Å²) in [5.41, 5.74) is 1.10. The highest BCUT2D eigenvalue weighted by molar-refractivity contribution is 5.93. The predicted octanol–water partition coefficient (Wildman–Crippen LogP) is 3.47. The molecule has 0 spiro atoms. The van der Waals surface area contributed by atoms with Crippen LogP contribution in [0.3, 0.4) is 0 Å². The molecule has 1 aromatic rings. The quantitative estimate of drug-likeness (QED) is 0.918. The van der Waals surface area contributed by atoms with Crippen molar-refractivity contribution in [2.24, 2.45) is 5.41 Å². The molecule has 1 fully saturated rings. The number of carbonyl (C=O) groups is 1. The van der Waals surface area contributed by atoms with Crippen LogP contribution in [0.1, 0.15) is 44.1 Å². The van der Waals surface area contributed by atoms with Gasteiger partial charge in [-0.25, -0.2) is 4.39 Å². The number of benzene rings is 1. The number of hydrogen-bond donors (Lipinski definition) is 1. The first-order valence-electron chi connectivity index (χ1n) is 8.96. The third-order valence-electron chi connectivity index (χ3n) is 5.37. The Balaban J connectivity index is 1.75. The first-order chi connectivity index (χ1) is 11.6. The van der Waals surface area contributed by atoms with Crippen molar-refractivity contribution in [1.82, 2.24) is 4.90 Å². The van der Waals surface area contributed by atoms with Gasteiger partial charge < -0.3 is 10.0 Å². The number of halogens is 1. The van der Waals surface area contributed by atoms with E-state index in [4.69, 9.17) is 0 Å². The Kier molecular flexibility index (Phi) is 5.34. The van der Waals surface area contributed by atoms with E-state index in [0.29, 0.717) is 18.5 Å². The number of piperidine rings is 1. The zero-order valence-electron chi connectivity index (χ0n) is 14.1. The van der Waals surface area contributed by atoms with Crippen molar-refractivity contribution in [3.05, 3.63) is 47.3 Å². The molecule has 1 amide bonds. The number of aliphatic hydroxyl groups is 1. The largest absolute Gasteiger partial charge is 0.396 e. The van der Waals surface area contributed by atoms with E-state index in [2.05, 4.69) is 6.08 Å². The maximum absolute atomic E-state index is 14.0. The van der Waals surface area contributed by atoms with Crippen LogP contribution in [-0.4, -0.2) is 35.6 Å². The molecule has 0 radical (unpaired) electrons. The lowest BCUT2D eigenvalue weighted by Gasteiger charge is -2.42. The number of rotatable bonds is 4. The standard InChI is InChI=1S/C20H26FNO2/c21-18-10-5-4-9-17(18)13-20(15-23)11-6-12-22(14-20)19(24)16-7-2-1-3-8-16/h4-5,7,9-10,23H,1-3,6,8,11-15H2. The number of hydrogen-bond acceptors (Lipinski definition) is 2. The van der Waals surface area contributed by atoms with Gasteiger partial charge in [0.05, 0.1) is 6.61 Å². The second-order valence-electron chi connectivity index (χ2n) is 7.23. The lowest BCUT2D eigenvalue weighted by Crippen LogP contribution is -2.49. The van der Waals surface area contributed by atoms with Crippen molar-refractivity contribution in [1.29, 1.82) is 0 Å². The highest BCUT2D eigenvalue weighted by atomic mass is 19.1. The zero-order valence-corrected chi connectivity index (χ0v) is 14.1. The monoisotopic (exact) mass is 331 g/mol. The molecule has 2 aliphatic rings. The summed E-state index contributed by atoms with van der Waals surface area (Å²) in [6, 6.07) is 6.73. The predicted molar refractivity (Wildman–Crippen MR) is 92.0 cm³/mol. The Morgan fingerprint density at radius 2 is 2.08 bits per heavy atom. The van der Waals surface area contributed by atoms with Crippen molar-refractivity contribution < 1.29 is 14.3 Å². The van der Waals surface area contributed by atoms with E-state index in [1.54, 1.807) is 12.1 Å². The number of carbonyl (C=O) groups excluding carboxylic acids is 1. The normalized spacial score (nSPS) is 24.6. The van der Waals surface area contributed by atoms with Gasteiger partial charge in [0.25, 0.3) is 0 Å². The fourth-order valence-electron chi connectivity index (χ4n) is 3.99. The van der Waals surface area contributed by atoms with E-state index >= 15 is 0 Å². The van der Waals surface area contributed by atoms with Crippen LogP contribution >= 0.6 is 0 Å². The molecule has 1 aliphatic heterocycles. The summed E-state index contributed by atoms with van der Waals surface area (Å²) in [6.07, 6.45) is 8.28. The minimum atomic E-state index is -0.439. The number of allylic oxidation sites excluding steroid dienone is 1. The van der Waals surface area contributed by atoms with E-state index in [-0.39, 0.29) is 18.3 Å². The average molecular weight is 331 g/mol. The summed E-state index contributed by atoms with van der Waals surface area (Å²) in [5, 5.41) is 10.0. The second kappa shape index (κ2) is 7.47. The third-order valence-corrected chi connectivity index (χ3v) is 5.37. The molecule has 130 valence electrons. The molecule has 1 atom stereocenters. The SMILES string of the molecule is O=C(C1=CCCCC1)N1CCCC(CO)(Cc2ccccc2F)C1. The van der Waals surface area contributed by atoms with Gasteiger partial charge in [-0.1, -0.05) is 24.3 Å². The second-order valence-corrected chi connectivity index (χ2v) is 7.23. The zero-order chi connectivity index (χ0) is 17.0. The molecule has 1 heterocycles. The van der Waals surface area contributed by atoms with Crippen LogP contribution in [0.4, 0.5) is 4.39 Å². The number of amides is 1. The molecule has 1 aromatic carbocycles. The molecule has 1 N–H and O–H groups in total. The van der Waals surface area contributed by atoms with Crippen LogP contribution < -0.4 is 0 Å². The van der Waals surface area contributed by atoms with Crippen molar-refractivity contribution in [3.8, 4) is 0 Å². The molecular formula is C20H26FNO2. The lowest BCUT2D eigenvalue weighted by molar-refractivity contribution is -0.131. The summed E-state index contributed by atoms with van der Waals surface area (Å²) in [5.74, 6) is -0.121. The van der Waals surface area contributed by atoms with Gasteiger partial charge in [0.15, 0.2) is 0 Å². The lowest BCUT2D eigenvalue weighted by atomic mass is 9.75. The van der Waals surface area contributed by atoms with Gasteiger partial charge in [0.2, 0.25) is 5.91 Å². The Morgan fingerprint density at radius 1 is 1.25 bits per heavy atom. The fraction of sp³-hybridized carbons (Fsp3) is 0.550. The van der Waals surface area contributed by atoms with Gasteiger partial charge in [-0.05, 0) is 56.6 Å². The molecule has 4 heteroatoms. The van der Waals surface area contributed by atoms with Crippen LogP contribution in [0.25, 0.3) is 0 Å². The summed E-state index contributed by atoms with van der Waals surface area (Å²) >= 11 is 0. The van der Waals surface area contributed by atoms with Crippen LogP contribution in [0.15, 0.2) is 35.9 Å². The summed E-state index contributed by atoms with van der Waals surface area (Å²) in [6.45, 7) is 1.22. The highest BCUT2D eigenvalue weighted by Crippen LogP contribution is 2.35. The Hall–Kier alpha value is -1.68. The molecule has 0 aromatic heterocycles. The molecule has 1 aliphatic carbocycles.